The molecule has 0 aliphatic rings. The topological polar surface area (TPSA) is 54.5 Å². The molecule has 21 heavy (non-hydrogen) atoms. The molecule has 0 bridgehead atoms. The Hall–Kier alpha value is -1.62. The van der Waals surface area contributed by atoms with Crippen LogP contribution >= 0.6 is 0 Å². The predicted octanol–water partition coefficient (Wildman–Crippen LogP) is 2.79. The fourth-order valence-electron chi connectivity index (χ4n) is 1.95. The molecule has 1 aromatic rings. The third-order valence-corrected chi connectivity index (χ3v) is 3.25. The highest BCUT2D eigenvalue weighted by Crippen LogP contribution is 2.10. The lowest BCUT2D eigenvalue weighted by molar-refractivity contribution is 0.0767. The SMILES string of the molecule is CCCCOCCNc1ccnc(C(=O)N(CC)CC)c1. The number of carbonyl (C=O) groups is 1. The zero-order chi connectivity index (χ0) is 15.5. The number of unbranched alkanes of at least 4 members (excludes halogenated alkanes) is 1. The van der Waals surface area contributed by atoms with Crippen molar-refractivity contribution in [2.24, 2.45) is 0 Å². The number of ether oxygens (including phenoxy) is 1. The lowest BCUT2D eigenvalue weighted by Crippen LogP contribution is -2.31. The highest BCUT2D eigenvalue weighted by molar-refractivity contribution is 5.93. The molecule has 0 radical (unpaired) electrons. The van der Waals surface area contributed by atoms with Crippen molar-refractivity contribution in [3.05, 3.63) is 24.0 Å². The van der Waals surface area contributed by atoms with Gasteiger partial charge in [0, 0.05) is 38.1 Å². The van der Waals surface area contributed by atoms with Crippen LogP contribution in [-0.2, 0) is 4.74 Å². The first-order chi connectivity index (χ1) is 10.2. The number of hydrogen-bond donors (Lipinski definition) is 1. The number of carbonyl (C=O) groups excluding carboxylic acids is 1. The van der Waals surface area contributed by atoms with Gasteiger partial charge in [0.1, 0.15) is 5.69 Å². The van der Waals surface area contributed by atoms with Gasteiger partial charge in [-0.05, 0) is 32.4 Å². The van der Waals surface area contributed by atoms with Crippen LogP contribution in [0.2, 0.25) is 0 Å². The maximum Gasteiger partial charge on any atom is 0.272 e. The highest BCUT2D eigenvalue weighted by Gasteiger charge is 2.13. The van der Waals surface area contributed by atoms with Gasteiger partial charge in [-0.3, -0.25) is 9.78 Å². The van der Waals surface area contributed by atoms with Crippen LogP contribution in [0.4, 0.5) is 5.69 Å². The lowest BCUT2D eigenvalue weighted by atomic mass is 10.2. The molecular weight excluding hydrogens is 266 g/mol. The average Bonchev–Trinajstić information content (AvgIpc) is 2.52. The zero-order valence-corrected chi connectivity index (χ0v) is 13.4. The second-order valence-corrected chi connectivity index (χ2v) is 4.80. The summed E-state index contributed by atoms with van der Waals surface area (Å²) in [6.45, 7) is 9.68. The Morgan fingerprint density at radius 3 is 2.71 bits per heavy atom. The maximum absolute atomic E-state index is 12.2. The van der Waals surface area contributed by atoms with Gasteiger partial charge in [0.15, 0.2) is 0 Å². The van der Waals surface area contributed by atoms with Crippen LogP contribution in [0.15, 0.2) is 18.3 Å². The van der Waals surface area contributed by atoms with Gasteiger partial charge in [0.05, 0.1) is 6.61 Å². The van der Waals surface area contributed by atoms with E-state index in [1.165, 1.54) is 0 Å². The summed E-state index contributed by atoms with van der Waals surface area (Å²) in [5.74, 6) is -0.0251. The molecule has 118 valence electrons. The summed E-state index contributed by atoms with van der Waals surface area (Å²) in [5, 5.41) is 3.26. The van der Waals surface area contributed by atoms with E-state index in [2.05, 4.69) is 17.2 Å². The van der Waals surface area contributed by atoms with Gasteiger partial charge in [0.25, 0.3) is 5.91 Å². The molecule has 5 nitrogen and oxygen atoms in total. The summed E-state index contributed by atoms with van der Waals surface area (Å²) in [6.07, 6.45) is 3.91. The fourth-order valence-corrected chi connectivity index (χ4v) is 1.95. The Balaban J connectivity index is 2.47. The molecule has 1 heterocycles. The normalized spacial score (nSPS) is 10.4. The van der Waals surface area contributed by atoms with E-state index in [9.17, 15) is 4.79 Å². The molecule has 1 aromatic heterocycles. The van der Waals surface area contributed by atoms with Crippen molar-refractivity contribution in [1.82, 2.24) is 9.88 Å². The Labute approximate surface area is 127 Å². The van der Waals surface area contributed by atoms with Gasteiger partial charge in [-0.25, -0.2) is 0 Å². The van der Waals surface area contributed by atoms with Crippen LogP contribution in [0, 0.1) is 0 Å². The summed E-state index contributed by atoms with van der Waals surface area (Å²) < 4.78 is 5.49. The van der Waals surface area contributed by atoms with Crippen LogP contribution in [0.1, 0.15) is 44.1 Å². The molecule has 1 rings (SSSR count). The minimum absolute atomic E-state index is 0.0251. The first-order valence-electron chi connectivity index (χ1n) is 7.79. The molecular formula is C16H27N3O2. The monoisotopic (exact) mass is 293 g/mol. The van der Waals surface area contributed by atoms with Crippen molar-refractivity contribution in [2.75, 3.05) is 38.2 Å². The third kappa shape index (κ3) is 6.12. The van der Waals surface area contributed by atoms with Crippen molar-refractivity contribution in [3.8, 4) is 0 Å². The molecule has 0 aliphatic carbocycles. The summed E-state index contributed by atoms with van der Waals surface area (Å²) in [5.41, 5.74) is 1.38. The van der Waals surface area contributed by atoms with E-state index in [4.69, 9.17) is 4.74 Å². The highest BCUT2D eigenvalue weighted by atomic mass is 16.5. The van der Waals surface area contributed by atoms with Crippen LogP contribution < -0.4 is 5.32 Å². The number of pyridine rings is 1. The Morgan fingerprint density at radius 2 is 2.05 bits per heavy atom. The van der Waals surface area contributed by atoms with E-state index >= 15 is 0 Å². The van der Waals surface area contributed by atoms with Gasteiger partial charge >= 0.3 is 0 Å². The second-order valence-electron chi connectivity index (χ2n) is 4.80. The number of nitrogens with zero attached hydrogens (tertiary/aromatic N) is 2. The molecule has 0 spiro atoms. The number of hydrogen-bond acceptors (Lipinski definition) is 4. The summed E-state index contributed by atoms with van der Waals surface area (Å²) in [4.78, 5) is 18.1. The zero-order valence-electron chi connectivity index (χ0n) is 13.4. The Morgan fingerprint density at radius 1 is 1.29 bits per heavy atom. The van der Waals surface area contributed by atoms with Crippen molar-refractivity contribution >= 4 is 11.6 Å². The second kappa shape index (κ2) is 10.2. The summed E-state index contributed by atoms with van der Waals surface area (Å²) in [7, 11) is 0. The van der Waals surface area contributed by atoms with E-state index in [0.717, 1.165) is 31.7 Å². The standard InChI is InChI=1S/C16H27N3O2/c1-4-7-11-21-12-10-17-14-8-9-18-15(13-14)16(20)19(5-2)6-3/h8-9,13H,4-7,10-12H2,1-3H3,(H,17,18). The van der Waals surface area contributed by atoms with Crippen LogP contribution in [0.25, 0.3) is 0 Å². The van der Waals surface area contributed by atoms with Gasteiger partial charge in [0.2, 0.25) is 0 Å². The number of aromatic nitrogens is 1. The van der Waals surface area contributed by atoms with Crippen LogP contribution in [0.5, 0.6) is 0 Å². The van der Waals surface area contributed by atoms with Gasteiger partial charge < -0.3 is 15.0 Å². The average molecular weight is 293 g/mol. The third-order valence-electron chi connectivity index (χ3n) is 3.25. The predicted molar refractivity (Wildman–Crippen MR) is 85.7 cm³/mol. The fraction of sp³-hybridized carbons (Fsp3) is 0.625. The van der Waals surface area contributed by atoms with Crippen molar-refractivity contribution in [3.63, 3.8) is 0 Å². The van der Waals surface area contributed by atoms with Crippen molar-refractivity contribution in [2.45, 2.75) is 33.6 Å². The Kier molecular flexibility index (Phi) is 8.43. The first kappa shape index (κ1) is 17.4. The largest absolute Gasteiger partial charge is 0.383 e. The van der Waals surface area contributed by atoms with Gasteiger partial charge in [-0.2, -0.15) is 0 Å². The lowest BCUT2D eigenvalue weighted by Gasteiger charge is -2.18. The van der Waals surface area contributed by atoms with Crippen molar-refractivity contribution < 1.29 is 9.53 Å². The molecule has 0 fully saturated rings. The molecule has 0 aromatic carbocycles. The number of anilines is 1. The van der Waals surface area contributed by atoms with E-state index < -0.39 is 0 Å². The maximum atomic E-state index is 12.2. The molecule has 5 heteroatoms. The number of nitrogens with one attached hydrogen (secondary N) is 1. The van der Waals surface area contributed by atoms with E-state index in [-0.39, 0.29) is 5.91 Å². The van der Waals surface area contributed by atoms with E-state index in [1.54, 1.807) is 17.2 Å². The minimum Gasteiger partial charge on any atom is -0.383 e. The minimum atomic E-state index is -0.0251. The van der Waals surface area contributed by atoms with Gasteiger partial charge in [-0.1, -0.05) is 13.3 Å². The molecule has 0 saturated carbocycles. The quantitative estimate of drug-likeness (QED) is 0.674. The molecule has 0 aliphatic heterocycles. The Bertz CT molecular complexity index is 420. The first-order valence-corrected chi connectivity index (χ1v) is 7.79. The molecule has 0 unspecified atom stereocenters. The van der Waals surface area contributed by atoms with Crippen LogP contribution in [0.3, 0.4) is 0 Å². The smallest absolute Gasteiger partial charge is 0.272 e. The molecule has 0 saturated heterocycles. The number of amides is 1. The summed E-state index contributed by atoms with van der Waals surface area (Å²) in [6, 6.07) is 3.66. The van der Waals surface area contributed by atoms with Crippen LogP contribution in [-0.4, -0.2) is 48.6 Å². The van der Waals surface area contributed by atoms with E-state index in [0.29, 0.717) is 25.4 Å². The van der Waals surface area contributed by atoms with E-state index in [1.807, 2.05) is 19.9 Å². The summed E-state index contributed by atoms with van der Waals surface area (Å²) >= 11 is 0. The molecule has 1 amide bonds. The van der Waals surface area contributed by atoms with Gasteiger partial charge in [-0.15, -0.1) is 0 Å². The molecule has 1 N–H and O–H groups in total. The number of rotatable bonds is 10. The van der Waals surface area contributed by atoms with Crippen molar-refractivity contribution in [1.29, 1.82) is 0 Å². The molecule has 0 atom stereocenters.